The summed E-state index contributed by atoms with van der Waals surface area (Å²) in [6.45, 7) is 0.797. The Labute approximate surface area is 138 Å². The fourth-order valence-electron chi connectivity index (χ4n) is 1.88. The Morgan fingerprint density at radius 3 is 2.61 bits per heavy atom. The Hall–Kier alpha value is -2.60. The third-order valence-electron chi connectivity index (χ3n) is 3.04. The molecule has 0 saturated carbocycles. The number of hydrogen-bond donors (Lipinski definition) is 1. The first-order valence-electron chi connectivity index (χ1n) is 6.98. The van der Waals surface area contributed by atoms with Crippen molar-refractivity contribution >= 4 is 28.9 Å². The Balaban J connectivity index is 1.73. The summed E-state index contributed by atoms with van der Waals surface area (Å²) < 4.78 is 5.15. The molecule has 0 radical (unpaired) electrons. The number of ether oxygens (including phenoxy) is 1. The molecule has 6 nitrogen and oxygen atoms in total. The lowest BCUT2D eigenvalue weighted by molar-refractivity contribution is -0.384. The average molecular weight is 335 g/mol. The monoisotopic (exact) mass is 334 g/mol. The van der Waals surface area contributed by atoms with Gasteiger partial charge in [-0.3, -0.25) is 10.1 Å². The van der Waals surface area contributed by atoms with E-state index in [4.69, 9.17) is 16.3 Å². The van der Waals surface area contributed by atoms with Gasteiger partial charge in [-0.2, -0.15) is 0 Å². The van der Waals surface area contributed by atoms with Crippen molar-refractivity contribution in [3.8, 4) is 0 Å². The van der Waals surface area contributed by atoms with Crippen LogP contribution in [0.2, 0.25) is 5.02 Å². The lowest BCUT2D eigenvalue weighted by atomic mass is 10.2. The Morgan fingerprint density at radius 1 is 1.22 bits per heavy atom. The second-order valence-electron chi connectivity index (χ2n) is 4.70. The molecule has 0 fully saturated rings. The number of hydrogen-bond acceptors (Lipinski definition) is 5. The van der Waals surface area contributed by atoms with Crippen molar-refractivity contribution in [1.29, 1.82) is 0 Å². The summed E-state index contributed by atoms with van der Waals surface area (Å²) in [5.41, 5.74) is 1.06. The van der Waals surface area contributed by atoms with Gasteiger partial charge < -0.3 is 10.1 Å². The van der Waals surface area contributed by atoms with Crippen LogP contribution in [0, 0.1) is 10.1 Å². The molecule has 0 aromatic heterocycles. The molecule has 0 aliphatic heterocycles. The molecule has 0 heterocycles. The van der Waals surface area contributed by atoms with Crippen LogP contribution < -0.4 is 5.32 Å². The predicted molar refractivity (Wildman–Crippen MR) is 87.9 cm³/mol. The van der Waals surface area contributed by atoms with Gasteiger partial charge in [-0.1, -0.05) is 29.8 Å². The second kappa shape index (κ2) is 8.14. The fourth-order valence-corrected chi connectivity index (χ4v) is 2.12. The summed E-state index contributed by atoms with van der Waals surface area (Å²) in [7, 11) is 0. The lowest BCUT2D eigenvalue weighted by Gasteiger charge is -2.09. The maximum absolute atomic E-state index is 11.7. The zero-order valence-electron chi connectivity index (χ0n) is 12.2. The normalized spacial score (nSPS) is 10.1. The molecule has 0 unspecified atom stereocenters. The highest BCUT2D eigenvalue weighted by Crippen LogP contribution is 2.26. The van der Waals surface area contributed by atoms with Gasteiger partial charge >= 0.3 is 5.97 Å². The van der Waals surface area contributed by atoms with E-state index in [-0.39, 0.29) is 23.3 Å². The first kappa shape index (κ1) is 16.8. The van der Waals surface area contributed by atoms with Crippen molar-refractivity contribution in [2.75, 3.05) is 18.5 Å². The summed E-state index contributed by atoms with van der Waals surface area (Å²) in [5, 5.41) is 13.9. The molecule has 2 aromatic rings. The van der Waals surface area contributed by atoms with Crippen LogP contribution in [0.25, 0.3) is 0 Å². The molecule has 0 atom stereocenters. The van der Waals surface area contributed by atoms with Crippen LogP contribution in [0.3, 0.4) is 0 Å². The van der Waals surface area contributed by atoms with Gasteiger partial charge in [0.2, 0.25) is 0 Å². The number of nitro benzene ring substituents is 1. The molecule has 120 valence electrons. The molecule has 1 N–H and O–H groups in total. The molecule has 0 aliphatic rings. The van der Waals surface area contributed by atoms with Crippen LogP contribution >= 0.6 is 11.6 Å². The standard InChI is InChI=1S/C16H15ClN2O4/c17-14-11-13(19(21)22)7-8-15(14)18-9-4-10-23-16(20)12-5-2-1-3-6-12/h1-3,5-8,11,18H,4,9-10H2. The molecule has 0 saturated heterocycles. The number of nitrogens with one attached hydrogen (secondary N) is 1. The maximum Gasteiger partial charge on any atom is 0.338 e. The number of halogens is 1. The van der Waals surface area contributed by atoms with Gasteiger partial charge in [0.1, 0.15) is 0 Å². The van der Waals surface area contributed by atoms with E-state index in [1.54, 1.807) is 30.3 Å². The van der Waals surface area contributed by atoms with E-state index in [0.29, 0.717) is 24.2 Å². The minimum atomic E-state index is -0.501. The number of rotatable bonds is 7. The molecule has 23 heavy (non-hydrogen) atoms. The van der Waals surface area contributed by atoms with Gasteiger partial charge in [0, 0.05) is 18.7 Å². The highest BCUT2D eigenvalue weighted by Gasteiger charge is 2.09. The van der Waals surface area contributed by atoms with Crippen LogP contribution in [0.4, 0.5) is 11.4 Å². The molecule has 7 heteroatoms. The average Bonchev–Trinajstić information content (AvgIpc) is 2.56. The number of carbonyl (C=O) groups is 1. The summed E-state index contributed by atoms with van der Waals surface area (Å²) in [5.74, 6) is -0.362. The van der Waals surface area contributed by atoms with Gasteiger partial charge in [-0.25, -0.2) is 4.79 Å². The van der Waals surface area contributed by atoms with Gasteiger partial charge in [-0.05, 0) is 24.6 Å². The first-order chi connectivity index (χ1) is 11.1. The van der Waals surface area contributed by atoms with Gasteiger partial charge in [0.15, 0.2) is 0 Å². The summed E-state index contributed by atoms with van der Waals surface area (Å²) in [6.07, 6.45) is 0.589. The molecule has 2 aromatic carbocycles. The van der Waals surface area contributed by atoms with Crippen molar-refractivity contribution in [3.63, 3.8) is 0 Å². The fraction of sp³-hybridized carbons (Fsp3) is 0.188. The van der Waals surface area contributed by atoms with Crippen molar-refractivity contribution in [2.24, 2.45) is 0 Å². The lowest BCUT2D eigenvalue weighted by Crippen LogP contribution is -2.10. The Morgan fingerprint density at radius 2 is 1.96 bits per heavy atom. The van der Waals surface area contributed by atoms with Crippen molar-refractivity contribution in [1.82, 2.24) is 0 Å². The van der Waals surface area contributed by atoms with E-state index in [1.807, 2.05) is 6.07 Å². The Kier molecular flexibility index (Phi) is 5.94. The van der Waals surface area contributed by atoms with Crippen LogP contribution in [-0.2, 0) is 4.74 Å². The van der Waals surface area contributed by atoms with E-state index >= 15 is 0 Å². The summed E-state index contributed by atoms with van der Waals surface area (Å²) >= 11 is 5.96. The van der Waals surface area contributed by atoms with Crippen LogP contribution in [-0.4, -0.2) is 24.0 Å². The zero-order chi connectivity index (χ0) is 16.7. The van der Waals surface area contributed by atoms with Crippen LogP contribution in [0.5, 0.6) is 0 Å². The minimum absolute atomic E-state index is 0.0580. The quantitative estimate of drug-likeness (QED) is 0.359. The highest BCUT2D eigenvalue weighted by atomic mass is 35.5. The molecular weight excluding hydrogens is 320 g/mol. The molecule has 0 bridgehead atoms. The van der Waals surface area contributed by atoms with Gasteiger partial charge in [-0.15, -0.1) is 0 Å². The van der Waals surface area contributed by atoms with E-state index in [2.05, 4.69) is 5.32 Å². The van der Waals surface area contributed by atoms with Crippen LogP contribution in [0.1, 0.15) is 16.8 Å². The smallest absolute Gasteiger partial charge is 0.338 e. The third kappa shape index (κ3) is 4.96. The number of non-ortho nitro benzene ring substituents is 1. The topological polar surface area (TPSA) is 81.5 Å². The molecule has 0 spiro atoms. The Bertz CT molecular complexity index is 692. The molecule has 0 amide bonds. The summed E-state index contributed by atoms with van der Waals surface area (Å²) in [6, 6.07) is 13.0. The number of nitro groups is 1. The SMILES string of the molecule is O=C(OCCCNc1ccc([N+](=O)[O-])cc1Cl)c1ccccc1. The maximum atomic E-state index is 11.7. The minimum Gasteiger partial charge on any atom is -0.462 e. The molecule has 2 rings (SSSR count). The number of nitrogens with zero attached hydrogens (tertiary/aromatic N) is 1. The van der Waals surface area contributed by atoms with E-state index in [0.717, 1.165) is 0 Å². The largest absolute Gasteiger partial charge is 0.462 e. The van der Waals surface area contributed by atoms with Crippen molar-refractivity contribution in [2.45, 2.75) is 6.42 Å². The van der Waals surface area contributed by atoms with Gasteiger partial charge in [0.25, 0.3) is 5.69 Å². The van der Waals surface area contributed by atoms with E-state index in [9.17, 15) is 14.9 Å². The predicted octanol–water partition coefficient (Wildman–Crippen LogP) is 3.91. The molecular formula is C16H15ClN2O4. The third-order valence-corrected chi connectivity index (χ3v) is 3.36. The van der Waals surface area contributed by atoms with Crippen molar-refractivity contribution in [3.05, 3.63) is 69.2 Å². The summed E-state index contributed by atoms with van der Waals surface area (Å²) in [4.78, 5) is 21.8. The number of carbonyl (C=O) groups excluding carboxylic acids is 1. The zero-order valence-corrected chi connectivity index (χ0v) is 13.0. The number of esters is 1. The molecule has 0 aliphatic carbocycles. The number of anilines is 1. The first-order valence-corrected chi connectivity index (χ1v) is 7.35. The number of benzene rings is 2. The van der Waals surface area contributed by atoms with Gasteiger partial charge in [0.05, 0.1) is 27.8 Å². The highest BCUT2D eigenvalue weighted by molar-refractivity contribution is 6.33. The van der Waals surface area contributed by atoms with E-state index < -0.39 is 4.92 Å². The van der Waals surface area contributed by atoms with Crippen molar-refractivity contribution < 1.29 is 14.5 Å². The van der Waals surface area contributed by atoms with Crippen LogP contribution in [0.15, 0.2) is 48.5 Å². The second-order valence-corrected chi connectivity index (χ2v) is 5.11. The van der Waals surface area contributed by atoms with E-state index in [1.165, 1.54) is 12.1 Å².